The molecule has 6 nitrogen and oxygen atoms in total. The smallest absolute Gasteiger partial charge is 0.325 e. The molecule has 6 heteroatoms. The fraction of sp³-hybridized carbons (Fsp3) is 0.292. The quantitative estimate of drug-likeness (QED) is 0.571. The minimum absolute atomic E-state index is 0.0912. The molecule has 3 rings (SSSR count). The van der Waals surface area contributed by atoms with Crippen LogP contribution < -0.4 is 5.32 Å². The van der Waals surface area contributed by atoms with Crippen molar-refractivity contribution in [2.45, 2.75) is 32.4 Å². The van der Waals surface area contributed by atoms with Gasteiger partial charge in [0.2, 0.25) is 5.91 Å². The van der Waals surface area contributed by atoms with Gasteiger partial charge in [0, 0.05) is 6.54 Å². The topological polar surface area (TPSA) is 69.7 Å². The maximum absolute atomic E-state index is 13.2. The number of amides is 4. The molecular formula is C24H25N3O3. The van der Waals surface area contributed by atoms with E-state index in [-0.39, 0.29) is 19.0 Å². The van der Waals surface area contributed by atoms with Gasteiger partial charge in [0.1, 0.15) is 12.1 Å². The Balaban J connectivity index is 1.79. The van der Waals surface area contributed by atoms with Gasteiger partial charge in [-0.3, -0.25) is 14.5 Å². The largest absolute Gasteiger partial charge is 0.326 e. The van der Waals surface area contributed by atoms with Crippen molar-refractivity contribution in [2.75, 3.05) is 13.1 Å². The number of carbonyl (C=O) groups is 3. The predicted octanol–water partition coefficient (Wildman–Crippen LogP) is 2.81. The van der Waals surface area contributed by atoms with Gasteiger partial charge < -0.3 is 10.2 Å². The van der Waals surface area contributed by atoms with E-state index in [4.69, 9.17) is 6.42 Å². The maximum Gasteiger partial charge on any atom is 0.325 e. The Hall–Kier alpha value is -3.59. The number of carbonyl (C=O) groups excluding carboxylic acids is 3. The summed E-state index contributed by atoms with van der Waals surface area (Å²) in [5, 5.41) is 2.79. The van der Waals surface area contributed by atoms with Crippen molar-refractivity contribution in [3.05, 3.63) is 71.3 Å². The second kappa shape index (κ2) is 8.83. The molecular weight excluding hydrogens is 378 g/mol. The lowest BCUT2D eigenvalue weighted by Crippen LogP contribution is -2.45. The van der Waals surface area contributed by atoms with Crippen molar-refractivity contribution >= 4 is 17.8 Å². The van der Waals surface area contributed by atoms with Crippen LogP contribution >= 0.6 is 0 Å². The number of terminal acetylenes is 1. The normalized spacial score (nSPS) is 18.1. The van der Waals surface area contributed by atoms with Crippen LogP contribution in [0.4, 0.5) is 4.79 Å². The molecule has 4 amide bonds. The second-order valence-corrected chi connectivity index (χ2v) is 7.39. The van der Waals surface area contributed by atoms with Gasteiger partial charge >= 0.3 is 6.03 Å². The van der Waals surface area contributed by atoms with Gasteiger partial charge in [-0.05, 0) is 24.5 Å². The molecule has 0 radical (unpaired) electrons. The molecule has 2 aromatic carbocycles. The number of hydrogen-bond donors (Lipinski definition) is 1. The highest BCUT2D eigenvalue weighted by molar-refractivity contribution is 6.09. The minimum Gasteiger partial charge on any atom is -0.326 e. The number of hydrogen-bond acceptors (Lipinski definition) is 3. The number of nitrogens with zero attached hydrogens (tertiary/aromatic N) is 2. The first-order valence-corrected chi connectivity index (χ1v) is 9.87. The highest BCUT2D eigenvalue weighted by atomic mass is 16.2. The van der Waals surface area contributed by atoms with Crippen LogP contribution in [0.15, 0.2) is 54.6 Å². The third-order valence-corrected chi connectivity index (χ3v) is 5.39. The van der Waals surface area contributed by atoms with Crippen LogP contribution in [-0.2, 0) is 21.7 Å². The zero-order chi connectivity index (χ0) is 21.7. The zero-order valence-corrected chi connectivity index (χ0v) is 17.2. The van der Waals surface area contributed by atoms with Crippen molar-refractivity contribution in [3.63, 3.8) is 0 Å². The highest BCUT2D eigenvalue weighted by Gasteiger charge is 2.51. The Morgan fingerprint density at radius 1 is 1.13 bits per heavy atom. The Bertz CT molecular complexity index is 979. The number of benzene rings is 2. The Morgan fingerprint density at radius 2 is 1.80 bits per heavy atom. The summed E-state index contributed by atoms with van der Waals surface area (Å²) in [4.78, 5) is 41.2. The first kappa shape index (κ1) is 21.1. The first-order valence-electron chi connectivity index (χ1n) is 9.87. The standard InChI is InChI=1S/C24H25N3O3/c1-4-15-26(16-19-13-11-18(3)12-14-19)21(28)17-27-22(29)24(5-2,25-23(27)30)20-9-7-6-8-10-20/h1,6-14H,5,15-17H2,2-3H3,(H,25,30). The molecule has 1 unspecified atom stereocenters. The molecule has 1 aliphatic heterocycles. The van der Waals surface area contributed by atoms with Gasteiger partial charge in [0.05, 0.1) is 6.54 Å². The summed E-state index contributed by atoms with van der Waals surface area (Å²) >= 11 is 0. The molecule has 0 spiro atoms. The fourth-order valence-corrected chi connectivity index (χ4v) is 3.62. The van der Waals surface area contributed by atoms with Crippen LogP contribution in [0.1, 0.15) is 30.0 Å². The molecule has 0 aromatic heterocycles. The monoisotopic (exact) mass is 403 g/mol. The molecule has 0 saturated carbocycles. The van der Waals surface area contributed by atoms with E-state index >= 15 is 0 Å². The zero-order valence-electron chi connectivity index (χ0n) is 17.2. The molecule has 0 bridgehead atoms. The van der Waals surface area contributed by atoms with Gasteiger partial charge in [0.25, 0.3) is 5.91 Å². The van der Waals surface area contributed by atoms with Gasteiger partial charge in [-0.1, -0.05) is 73.0 Å². The predicted molar refractivity (Wildman–Crippen MR) is 114 cm³/mol. The lowest BCUT2D eigenvalue weighted by atomic mass is 9.87. The molecule has 1 saturated heterocycles. The third kappa shape index (κ3) is 4.06. The van der Waals surface area contributed by atoms with Crippen molar-refractivity contribution in [1.82, 2.24) is 15.1 Å². The lowest BCUT2D eigenvalue weighted by Gasteiger charge is -2.26. The average molecular weight is 403 g/mol. The average Bonchev–Trinajstić information content (AvgIpc) is 3.00. The first-order chi connectivity index (χ1) is 14.4. The van der Waals surface area contributed by atoms with E-state index in [1.165, 1.54) is 4.90 Å². The number of urea groups is 1. The lowest BCUT2D eigenvalue weighted by molar-refractivity contribution is -0.139. The van der Waals surface area contributed by atoms with Crippen LogP contribution in [0.25, 0.3) is 0 Å². The van der Waals surface area contributed by atoms with E-state index in [0.717, 1.165) is 16.0 Å². The van der Waals surface area contributed by atoms with Gasteiger partial charge in [-0.2, -0.15) is 0 Å². The van der Waals surface area contributed by atoms with E-state index in [9.17, 15) is 14.4 Å². The van der Waals surface area contributed by atoms with Crippen molar-refractivity contribution in [1.29, 1.82) is 0 Å². The summed E-state index contributed by atoms with van der Waals surface area (Å²) in [5.74, 6) is 1.68. The molecule has 30 heavy (non-hydrogen) atoms. The molecule has 1 N–H and O–H groups in total. The number of rotatable bonds is 7. The maximum atomic E-state index is 13.2. The number of nitrogens with one attached hydrogen (secondary N) is 1. The number of aryl methyl sites for hydroxylation is 1. The molecule has 1 atom stereocenters. The van der Waals surface area contributed by atoms with E-state index in [1.807, 2.05) is 56.3 Å². The summed E-state index contributed by atoms with van der Waals surface area (Å²) in [7, 11) is 0. The van der Waals surface area contributed by atoms with Crippen LogP contribution in [0.3, 0.4) is 0 Å². The van der Waals surface area contributed by atoms with Gasteiger partial charge in [-0.25, -0.2) is 4.79 Å². The second-order valence-electron chi connectivity index (χ2n) is 7.39. The van der Waals surface area contributed by atoms with Gasteiger partial charge in [-0.15, -0.1) is 6.42 Å². The van der Waals surface area contributed by atoms with Crippen molar-refractivity contribution in [2.24, 2.45) is 0 Å². The summed E-state index contributed by atoms with van der Waals surface area (Å²) in [5.41, 5.74) is 1.58. The van der Waals surface area contributed by atoms with Gasteiger partial charge in [0.15, 0.2) is 0 Å². The molecule has 0 aliphatic carbocycles. The third-order valence-electron chi connectivity index (χ3n) is 5.39. The minimum atomic E-state index is -1.16. The van der Waals surface area contributed by atoms with Crippen molar-refractivity contribution in [3.8, 4) is 12.3 Å². The molecule has 154 valence electrons. The Morgan fingerprint density at radius 3 is 2.40 bits per heavy atom. The summed E-state index contributed by atoms with van der Waals surface area (Å²) < 4.78 is 0. The van der Waals surface area contributed by atoms with Crippen LogP contribution in [0.2, 0.25) is 0 Å². The van der Waals surface area contributed by atoms with Crippen molar-refractivity contribution < 1.29 is 14.4 Å². The Kier molecular flexibility index (Phi) is 6.22. The molecule has 1 aliphatic rings. The molecule has 2 aromatic rings. The number of imide groups is 1. The van der Waals surface area contributed by atoms with Crippen LogP contribution in [0, 0.1) is 19.3 Å². The summed E-state index contributed by atoms with van der Waals surface area (Å²) in [6.45, 7) is 3.86. The van der Waals surface area contributed by atoms with E-state index in [2.05, 4.69) is 11.2 Å². The van der Waals surface area contributed by atoms with Crippen LogP contribution in [-0.4, -0.2) is 40.7 Å². The SMILES string of the molecule is C#CCN(Cc1ccc(C)cc1)C(=O)CN1C(=O)NC(CC)(c2ccccc2)C1=O. The fourth-order valence-electron chi connectivity index (χ4n) is 3.62. The van der Waals surface area contributed by atoms with Crippen LogP contribution in [0.5, 0.6) is 0 Å². The van der Waals surface area contributed by atoms with E-state index in [0.29, 0.717) is 18.5 Å². The summed E-state index contributed by atoms with van der Waals surface area (Å²) in [6, 6.07) is 16.3. The highest BCUT2D eigenvalue weighted by Crippen LogP contribution is 2.32. The van der Waals surface area contributed by atoms with E-state index in [1.54, 1.807) is 12.1 Å². The summed E-state index contributed by atoms with van der Waals surface area (Å²) in [6.07, 6.45) is 5.82. The molecule has 1 fully saturated rings. The Labute approximate surface area is 176 Å². The van der Waals surface area contributed by atoms with E-state index < -0.39 is 17.5 Å². The molecule has 1 heterocycles.